The summed E-state index contributed by atoms with van der Waals surface area (Å²) in [5.41, 5.74) is 0.751. The van der Waals surface area contributed by atoms with E-state index < -0.39 is 11.7 Å². The lowest BCUT2D eigenvalue weighted by Crippen LogP contribution is -2.27. The molecule has 0 aliphatic rings. The maximum atomic E-state index is 13.7. The van der Waals surface area contributed by atoms with Gasteiger partial charge in [-0.25, -0.2) is 4.39 Å². The van der Waals surface area contributed by atoms with Crippen molar-refractivity contribution in [1.29, 1.82) is 0 Å². The lowest BCUT2D eigenvalue weighted by atomic mass is 10.1. The summed E-state index contributed by atoms with van der Waals surface area (Å²) in [5.74, 6) is -0.286. The second-order valence-corrected chi connectivity index (χ2v) is 8.47. The van der Waals surface area contributed by atoms with Gasteiger partial charge in [-0.3, -0.25) is 9.59 Å². The van der Waals surface area contributed by atoms with Crippen LogP contribution in [0.4, 0.5) is 10.1 Å². The van der Waals surface area contributed by atoms with Gasteiger partial charge in [0.2, 0.25) is 5.91 Å². The van der Waals surface area contributed by atoms with Crippen LogP contribution in [0.2, 0.25) is 0 Å². The van der Waals surface area contributed by atoms with Gasteiger partial charge in [0.05, 0.1) is 11.3 Å². The summed E-state index contributed by atoms with van der Waals surface area (Å²) in [6.07, 6.45) is 0.435. The summed E-state index contributed by atoms with van der Waals surface area (Å²) in [4.78, 5) is 24.6. The zero-order valence-corrected chi connectivity index (χ0v) is 19.4. The molecule has 174 valence electrons. The molecule has 1 heterocycles. The highest BCUT2D eigenvalue weighted by Gasteiger charge is 2.15. The fraction of sp³-hybridized carbons (Fsp3) is 0.200. The van der Waals surface area contributed by atoms with E-state index in [1.54, 1.807) is 6.07 Å². The first-order valence-electron chi connectivity index (χ1n) is 10.9. The fourth-order valence-corrected chi connectivity index (χ4v) is 4.37. The first-order chi connectivity index (χ1) is 16.5. The minimum atomic E-state index is -0.558. The van der Waals surface area contributed by atoms with Gasteiger partial charge in [-0.2, -0.15) is 0 Å². The number of hydrogen-bond donors (Lipinski definition) is 2. The van der Waals surface area contributed by atoms with Gasteiger partial charge in [0.1, 0.15) is 11.6 Å². The first-order valence-corrected chi connectivity index (χ1v) is 11.9. The van der Waals surface area contributed by atoms with Crippen molar-refractivity contribution < 1.29 is 14.0 Å². The first kappa shape index (κ1) is 23.4. The summed E-state index contributed by atoms with van der Waals surface area (Å²) < 4.78 is 15.7. The van der Waals surface area contributed by atoms with E-state index in [1.165, 1.54) is 30.0 Å². The molecule has 0 aliphatic carbocycles. The molecule has 34 heavy (non-hydrogen) atoms. The minimum Gasteiger partial charge on any atom is -0.351 e. The topological polar surface area (TPSA) is 88.9 Å². The Morgan fingerprint density at radius 1 is 1.00 bits per heavy atom. The van der Waals surface area contributed by atoms with Crippen molar-refractivity contribution in [3.8, 4) is 0 Å². The van der Waals surface area contributed by atoms with E-state index in [-0.39, 0.29) is 17.2 Å². The Bertz CT molecular complexity index is 1320. The van der Waals surface area contributed by atoms with E-state index in [2.05, 4.69) is 20.8 Å². The standard InChI is InChI=1S/C25H24FN5O2S/c1-2-31-22(13-14-27-24(33)20-9-5-6-10-21(20)26)29-30-25(31)34-16-23(32)28-19-12-11-17-7-3-4-8-18(17)15-19/h3-12,15H,2,13-14,16H2,1H3,(H,27,33)(H,28,32). The SMILES string of the molecule is CCn1c(CCNC(=O)c2ccccc2F)nnc1SCC(=O)Nc1ccc2ccccc2c1. The number of nitrogens with one attached hydrogen (secondary N) is 2. The highest BCUT2D eigenvalue weighted by molar-refractivity contribution is 7.99. The molecule has 0 radical (unpaired) electrons. The second kappa shape index (κ2) is 10.9. The largest absolute Gasteiger partial charge is 0.351 e. The molecular formula is C25H24FN5O2S. The monoisotopic (exact) mass is 477 g/mol. The Kier molecular flexibility index (Phi) is 7.54. The van der Waals surface area contributed by atoms with Crippen molar-refractivity contribution in [2.45, 2.75) is 25.0 Å². The Morgan fingerprint density at radius 2 is 1.76 bits per heavy atom. The van der Waals surface area contributed by atoms with E-state index in [4.69, 9.17) is 0 Å². The van der Waals surface area contributed by atoms with Crippen molar-refractivity contribution in [3.63, 3.8) is 0 Å². The van der Waals surface area contributed by atoms with Crippen LogP contribution in [0.25, 0.3) is 10.8 Å². The molecule has 0 spiro atoms. The number of amides is 2. The normalized spacial score (nSPS) is 10.9. The van der Waals surface area contributed by atoms with Crippen LogP contribution in [0.15, 0.2) is 71.9 Å². The summed E-state index contributed by atoms with van der Waals surface area (Å²) in [6.45, 7) is 2.88. The van der Waals surface area contributed by atoms with Crippen LogP contribution in [-0.2, 0) is 17.8 Å². The lowest BCUT2D eigenvalue weighted by molar-refractivity contribution is -0.113. The Balaban J connectivity index is 1.30. The molecule has 0 unspecified atom stereocenters. The molecule has 0 aliphatic heterocycles. The number of carbonyl (C=O) groups excluding carboxylic acids is 2. The van der Waals surface area contributed by atoms with Gasteiger partial charge in [-0.05, 0) is 42.0 Å². The maximum absolute atomic E-state index is 13.7. The second-order valence-electron chi connectivity index (χ2n) is 7.53. The van der Waals surface area contributed by atoms with Crippen LogP contribution >= 0.6 is 11.8 Å². The molecule has 0 atom stereocenters. The van der Waals surface area contributed by atoms with Crippen molar-refractivity contribution in [1.82, 2.24) is 20.1 Å². The van der Waals surface area contributed by atoms with Crippen LogP contribution in [0.1, 0.15) is 23.1 Å². The van der Waals surface area contributed by atoms with Gasteiger partial charge in [0.15, 0.2) is 5.16 Å². The maximum Gasteiger partial charge on any atom is 0.254 e. The van der Waals surface area contributed by atoms with Crippen molar-refractivity contribution in [2.24, 2.45) is 0 Å². The number of carbonyl (C=O) groups is 2. The van der Waals surface area contributed by atoms with Crippen LogP contribution in [0.3, 0.4) is 0 Å². The Hall–Kier alpha value is -3.72. The molecule has 2 amide bonds. The van der Waals surface area contributed by atoms with Crippen molar-refractivity contribution in [3.05, 3.63) is 83.9 Å². The van der Waals surface area contributed by atoms with Gasteiger partial charge in [-0.15, -0.1) is 10.2 Å². The molecule has 0 saturated heterocycles. The lowest BCUT2D eigenvalue weighted by Gasteiger charge is -2.09. The third-order valence-corrected chi connectivity index (χ3v) is 6.19. The summed E-state index contributed by atoms with van der Waals surface area (Å²) in [6, 6.07) is 19.6. The van der Waals surface area contributed by atoms with Gasteiger partial charge in [0.25, 0.3) is 5.91 Å². The van der Waals surface area contributed by atoms with Crippen LogP contribution < -0.4 is 10.6 Å². The quantitative estimate of drug-likeness (QED) is 0.351. The third kappa shape index (κ3) is 5.60. The smallest absolute Gasteiger partial charge is 0.254 e. The van der Waals surface area contributed by atoms with Crippen LogP contribution in [0.5, 0.6) is 0 Å². The Labute approximate surface area is 200 Å². The van der Waals surface area contributed by atoms with Crippen molar-refractivity contribution >= 4 is 40.0 Å². The molecule has 9 heteroatoms. The predicted octanol–water partition coefficient (Wildman–Crippen LogP) is 4.29. The number of halogens is 1. The Morgan fingerprint density at radius 3 is 2.56 bits per heavy atom. The predicted molar refractivity (Wildman–Crippen MR) is 131 cm³/mol. The van der Waals surface area contributed by atoms with E-state index in [0.717, 1.165) is 16.5 Å². The summed E-state index contributed by atoms with van der Waals surface area (Å²) in [5, 5.41) is 16.8. The third-order valence-electron chi connectivity index (χ3n) is 5.23. The van der Waals surface area contributed by atoms with E-state index in [9.17, 15) is 14.0 Å². The number of aromatic nitrogens is 3. The average Bonchev–Trinajstić information content (AvgIpc) is 3.24. The van der Waals surface area contributed by atoms with E-state index in [1.807, 2.05) is 54.0 Å². The van der Waals surface area contributed by atoms with E-state index >= 15 is 0 Å². The van der Waals surface area contributed by atoms with Gasteiger partial charge < -0.3 is 15.2 Å². The molecule has 3 aromatic carbocycles. The molecule has 0 bridgehead atoms. The van der Waals surface area contributed by atoms with Gasteiger partial charge in [-0.1, -0.05) is 54.2 Å². The molecule has 7 nitrogen and oxygen atoms in total. The average molecular weight is 478 g/mol. The number of benzene rings is 3. The van der Waals surface area contributed by atoms with Crippen LogP contribution in [-0.4, -0.2) is 38.9 Å². The zero-order valence-electron chi connectivity index (χ0n) is 18.6. The van der Waals surface area contributed by atoms with Gasteiger partial charge >= 0.3 is 0 Å². The fourth-order valence-electron chi connectivity index (χ4n) is 3.55. The number of nitrogens with zero attached hydrogens (tertiary/aromatic N) is 3. The van der Waals surface area contributed by atoms with Gasteiger partial charge in [0, 0.05) is 25.2 Å². The number of anilines is 1. The molecule has 2 N–H and O–H groups in total. The molecule has 0 saturated carbocycles. The zero-order chi connectivity index (χ0) is 23.9. The highest BCUT2D eigenvalue weighted by atomic mass is 32.2. The number of thioether (sulfide) groups is 1. The molecule has 0 fully saturated rings. The molecular weight excluding hydrogens is 453 g/mol. The summed E-state index contributed by atoms with van der Waals surface area (Å²) in [7, 11) is 0. The van der Waals surface area contributed by atoms with Crippen molar-refractivity contribution in [2.75, 3.05) is 17.6 Å². The molecule has 4 aromatic rings. The van der Waals surface area contributed by atoms with Crippen LogP contribution in [0, 0.1) is 5.82 Å². The number of rotatable bonds is 9. The van der Waals surface area contributed by atoms with E-state index in [0.29, 0.717) is 30.5 Å². The highest BCUT2D eigenvalue weighted by Crippen LogP contribution is 2.21. The summed E-state index contributed by atoms with van der Waals surface area (Å²) >= 11 is 1.30. The molecule has 1 aromatic heterocycles. The number of hydrogen-bond acceptors (Lipinski definition) is 5. The minimum absolute atomic E-state index is 0.00753. The number of fused-ring (bicyclic) bond motifs is 1. The molecule has 4 rings (SSSR count).